The zero-order chi connectivity index (χ0) is 13.1. The van der Waals surface area contributed by atoms with E-state index in [4.69, 9.17) is 11.0 Å². The lowest BCUT2D eigenvalue weighted by atomic mass is 9.81. The van der Waals surface area contributed by atoms with Crippen LogP contribution >= 0.6 is 0 Å². The number of phenols is 1. The Hall–Kier alpha value is -1.60. The molecule has 1 atom stereocenters. The van der Waals surface area contributed by atoms with Gasteiger partial charge in [-0.25, -0.2) is 4.39 Å². The van der Waals surface area contributed by atoms with Crippen LogP contribution in [0.3, 0.4) is 0 Å². The van der Waals surface area contributed by atoms with Gasteiger partial charge in [-0.15, -0.1) is 0 Å². The molecular weight excluding hydrogens is 231 g/mol. The maximum Gasteiger partial charge on any atom is 0.144 e. The topological polar surface area (TPSA) is 70.0 Å². The predicted molar refractivity (Wildman–Crippen MR) is 66.3 cm³/mol. The highest BCUT2D eigenvalue weighted by molar-refractivity contribution is 5.49. The first kappa shape index (κ1) is 12.8. The maximum atomic E-state index is 13.3. The van der Waals surface area contributed by atoms with E-state index in [-0.39, 0.29) is 17.4 Å². The van der Waals surface area contributed by atoms with Crippen LogP contribution in [0.25, 0.3) is 0 Å². The standard InChI is InChI=1S/C14H17FN2O/c15-12-7-6-10(14(18)11(12)8-16)13(17)9-4-2-1-3-5-9/h6-7,9,13,18H,1-5,17H2/t13-/m1/s1. The molecule has 3 nitrogen and oxygen atoms in total. The minimum absolute atomic E-state index is 0.296. The van der Waals surface area contributed by atoms with Crippen LogP contribution in [0.1, 0.15) is 49.3 Å². The second kappa shape index (κ2) is 5.36. The zero-order valence-electron chi connectivity index (χ0n) is 10.2. The van der Waals surface area contributed by atoms with Gasteiger partial charge in [-0.3, -0.25) is 0 Å². The summed E-state index contributed by atoms with van der Waals surface area (Å²) in [6.07, 6.45) is 5.57. The summed E-state index contributed by atoms with van der Waals surface area (Å²) in [5.41, 5.74) is 6.33. The number of hydrogen-bond acceptors (Lipinski definition) is 3. The molecule has 1 fully saturated rings. The van der Waals surface area contributed by atoms with Crippen molar-refractivity contribution in [2.45, 2.75) is 38.1 Å². The van der Waals surface area contributed by atoms with Gasteiger partial charge < -0.3 is 10.8 Å². The minimum Gasteiger partial charge on any atom is -0.506 e. The number of nitrogens with two attached hydrogens (primary N) is 1. The molecule has 3 N–H and O–H groups in total. The molecule has 0 aromatic heterocycles. The second-order valence-corrected chi connectivity index (χ2v) is 4.90. The van der Waals surface area contributed by atoms with Crippen molar-refractivity contribution in [1.29, 1.82) is 5.26 Å². The monoisotopic (exact) mass is 248 g/mol. The fourth-order valence-corrected chi connectivity index (χ4v) is 2.71. The molecular formula is C14H17FN2O. The number of aromatic hydroxyl groups is 1. The van der Waals surface area contributed by atoms with Crippen molar-refractivity contribution in [3.05, 3.63) is 29.1 Å². The molecule has 0 aliphatic heterocycles. The smallest absolute Gasteiger partial charge is 0.144 e. The number of nitrogens with zero attached hydrogens (tertiary/aromatic N) is 1. The number of halogens is 1. The van der Waals surface area contributed by atoms with Gasteiger partial charge in [-0.1, -0.05) is 25.3 Å². The van der Waals surface area contributed by atoms with Crippen LogP contribution in [0, 0.1) is 23.1 Å². The van der Waals surface area contributed by atoms with Gasteiger partial charge in [0, 0.05) is 11.6 Å². The number of benzene rings is 1. The third-order valence-electron chi connectivity index (χ3n) is 3.79. The van der Waals surface area contributed by atoms with Crippen molar-refractivity contribution < 1.29 is 9.50 Å². The summed E-state index contributed by atoms with van der Waals surface area (Å²) in [6, 6.07) is 4.06. The summed E-state index contributed by atoms with van der Waals surface area (Å²) in [4.78, 5) is 0. The van der Waals surface area contributed by atoms with Gasteiger partial charge in [0.1, 0.15) is 23.2 Å². The number of nitriles is 1. The van der Waals surface area contributed by atoms with Gasteiger partial charge in [0.2, 0.25) is 0 Å². The molecule has 18 heavy (non-hydrogen) atoms. The summed E-state index contributed by atoms with van der Waals surface area (Å²) < 4.78 is 13.3. The summed E-state index contributed by atoms with van der Waals surface area (Å²) in [7, 11) is 0. The molecule has 0 heterocycles. The number of hydrogen-bond donors (Lipinski definition) is 2. The third-order valence-corrected chi connectivity index (χ3v) is 3.79. The Morgan fingerprint density at radius 2 is 2.00 bits per heavy atom. The second-order valence-electron chi connectivity index (χ2n) is 4.90. The minimum atomic E-state index is -0.699. The van der Waals surface area contributed by atoms with Gasteiger partial charge in [-0.05, 0) is 24.8 Å². The average Bonchev–Trinajstić information content (AvgIpc) is 2.40. The van der Waals surface area contributed by atoms with Crippen molar-refractivity contribution >= 4 is 0 Å². The van der Waals surface area contributed by atoms with E-state index >= 15 is 0 Å². The molecule has 0 spiro atoms. The van der Waals surface area contributed by atoms with Crippen molar-refractivity contribution in [2.24, 2.45) is 11.7 Å². The van der Waals surface area contributed by atoms with Crippen LogP contribution in [0.5, 0.6) is 5.75 Å². The van der Waals surface area contributed by atoms with E-state index in [1.807, 2.05) is 0 Å². The van der Waals surface area contributed by atoms with Crippen molar-refractivity contribution in [3.8, 4) is 11.8 Å². The van der Waals surface area contributed by atoms with Crippen LogP contribution in [-0.4, -0.2) is 5.11 Å². The molecule has 2 rings (SSSR count). The molecule has 96 valence electrons. The predicted octanol–water partition coefficient (Wildman–Crippen LogP) is 2.98. The number of rotatable bonds is 2. The average molecular weight is 248 g/mol. The van der Waals surface area contributed by atoms with E-state index in [0.29, 0.717) is 11.5 Å². The van der Waals surface area contributed by atoms with Crippen molar-refractivity contribution in [3.63, 3.8) is 0 Å². The molecule has 1 aromatic rings. The van der Waals surface area contributed by atoms with Gasteiger partial charge in [-0.2, -0.15) is 5.26 Å². The molecule has 1 saturated carbocycles. The Bertz CT molecular complexity index is 475. The van der Waals surface area contributed by atoms with E-state index in [0.717, 1.165) is 25.7 Å². The SMILES string of the molecule is N#Cc1c(F)ccc([C@H](N)C2CCCCC2)c1O. The van der Waals surface area contributed by atoms with Crippen LogP contribution in [0.2, 0.25) is 0 Å². The van der Waals surface area contributed by atoms with Gasteiger partial charge in [0.15, 0.2) is 0 Å². The van der Waals surface area contributed by atoms with E-state index in [2.05, 4.69) is 0 Å². The van der Waals surface area contributed by atoms with Crippen LogP contribution in [0.4, 0.5) is 4.39 Å². The first-order valence-electron chi connectivity index (χ1n) is 6.32. The van der Waals surface area contributed by atoms with Gasteiger partial charge in [0.05, 0.1) is 0 Å². The molecule has 4 heteroatoms. The lowest BCUT2D eigenvalue weighted by molar-refractivity contribution is 0.302. The fourth-order valence-electron chi connectivity index (χ4n) is 2.71. The molecule has 0 radical (unpaired) electrons. The maximum absolute atomic E-state index is 13.3. The van der Waals surface area contributed by atoms with E-state index in [1.165, 1.54) is 18.6 Å². The highest BCUT2D eigenvalue weighted by atomic mass is 19.1. The summed E-state index contributed by atoms with van der Waals surface area (Å²) in [6.45, 7) is 0. The van der Waals surface area contributed by atoms with Crippen LogP contribution in [0.15, 0.2) is 12.1 Å². The Morgan fingerprint density at radius 3 is 2.61 bits per heavy atom. The van der Waals surface area contributed by atoms with Crippen molar-refractivity contribution in [1.82, 2.24) is 0 Å². The van der Waals surface area contributed by atoms with E-state index in [1.54, 1.807) is 6.07 Å². The van der Waals surface area contributed by atoms with E-state index in [9.17, 15) is 9.50 Å². The van der Waals surface area contributed by atoms with Crippen LogP contribution in [-0.2, 0) is 0 Å². The summed E-state index contributed by atoms with van der Waals surface area (Å²) in [5.74, 6) is -0.688. The third kappa shape index (κ3) is 2.32. The first-order valence-corrected chi connectivity index (χ1v) is 6.32. The Balaban J connectivity index is 2.30. The largest absolute Gasteiger partial charge is 0.506 e. The van der Waals surface area contributed by atoms with Gasteiger partial charge in [0.25, 0.3) is 0 Å². The Morgan fingerprint density at radius 1 is 1.33 bits per heavy atom. The first-order chi connectivity index (χ1) is 8.65. The number of phenolic OH excluding ortho intramolecular Hbond substituents is 1. The molecule has 1 aliphatic carbocycles. The molecule has 1 aliphatic rings. The van der Waals surface area contributed by atoms with Gasteiger partial charge >= 0.3 is 0 Å². The summed E-state index contributed by atoms with van der Waals surface area (Å²) >= 11 is 0. The Labute approximate surface area is 106 Å². The van der Waals surface area contributed by atoms with Crippen molar-refractivity contribution in [2.75, 3.05) is 0 Å². The quantitative estimate of drug-likeness (QED) is 0.845. The fraction of sp³-hybridized carbons (Fsp3) is 0.500. The highest BCUT2D eigenvalue weighted by Crippen LogP contribution is 2.37. The zero-order valence-corrected chi connectivity index (χ0v) is 10.2. The molecule has 1 aromatic carbocycles. The molecule has 0 unspecified atom stereocenters. The lowest BCUT2D eigenvalue weighted by Crippen LogP contribution is -2.23. The highest BCUT2D eigenvalue weighted by Gasteiger charge is 2.25. The normalized spacial score (nSPS) is 18.3. The molecule has 0 bridgehead atoms. The van der Waals surface area contributed by atoms with Crippen LogP contribution < -0.4 is 5.73 Å². The Kier molecular flexibility index (Phi) is 3.83. The molecule has 0 saturated heterocycles. The molecule has 0 amide bonds. The summed E-state index contributed by atoms with van der Waals surface area (Å²) in [5, 5.41) is 18.8. The van der Waals surface area contributed by atoms with E-state index < -0.39 is 5.82 Å². The lowest BCUT2D eigenvalue weighted by Gasteiger charge is -2.28.